The summed E-state index contributed by atoms with van der Waals surface area (Å²) < 4.78 is 5.04. The van der Waals surface area contributed by atoms with E-state index in [1.807, 2.05) is 12.1 Å². The molecule has 0 atom stereocenters. The van der Waals surface area contributed by atoms with Gasteiger partial charge in [0, 0.05) is 18.0 Å². The molecule has 0 aliphatic carbocycles. The minimum atomic E-state index is -0.204. The summed E-state index contributed by atoms with van der Waals surface area (Å²) in [6.07, 6.45) is 3.75. The van der Waals surface area contributed by atoms with Crippen LogP contribution < -0.4 is 10.5 Å². The van der Waals surface area contributed by atoms with E-state index >= 15 is 0 Å². The molecule has 5 nitrogen and oxygen atoms in total. The topological polar surface area (TPSA) is 78.1 Å². The number of nitrogens with two attached hydrogens (primary N) is 1. The molecule has 98 valence electrons. The van der Waals surface area contributed by atoms with Gasteiger partial charge in [0.15, 0.2) is 5.69 Å². The van der Waals surface area contributed by atoms with Crippen LogP contribution >= 0.6 is 0 Å². The molecule has 2 aromatic rings. The quantitative estimate of drug-likeness (QED) is 0.815. The number of benzene rings is 1. The maximum Gasteiger partial charge on any atom is 0.243 e. The second kappa shape index (κ2) is 6.06. The van der Waals surface area contributed by atoms with Gasteiger partial charge in [-0.1, -0.05) is 24.3 Å². The molecule has 0 saturated carbocycles. The maximum atomic E-state index is 12.3. The van der Waals surface area contributed by atoms with Crippen LogP contribution in [0, 0.1) is 0 Å². The molecule has 0 fully saturated rings. The normalized spacial score (nSPS) is 10.2. The molecular formula is C14H15N3O2. The van der Waals surface area contributed by atoms with E-state index in [1.165, 1.54) is 19.5 Å². The predicted octanol–water partition coefficient (Wildman–Crippen LogP) is 1.22. The van der Waals surface area contributed by atoms with Gasteiger partial charge >= 0.3 is 0 Å². The van der Waals surface area contributed by atoms with Crippen LogP contribution in [0.4, 0.5) is 0 Å². The standard InChI is InChI=1S/C14H15N3O2/c1-19-14-12(16-8-9-17-14)13(18)11-4-2-10(3-5-11)6-7-15/h2-5,8-9H,6-7,15H2,1H3. The van der Waals surface area contributed by atoms with Gasteiger partial charge < -0.3 is 10.5 Å². The molecule has 0 bridgehead atoms. The van der Waals surface area contributed by atoms with E-state index < -0.39 is 0 Å². The van der Waals surface area contributed by atoms with E-state index in [0.29, 0.717) is 12.1 Å². The summed E-state index contributed by atoms with van der Waals surface area (Å²) in [7, 11) is 1.46. The lowest BCUT2D eigenvalue weighted by atomic mass is 10.0. The number of ether oxygens (including phenoxy) is 1. The molecule has 0 aliphatic heterocycles. The molecule has 0 radical (unpaired) electrons. The van der Waals surface area contributed by atoms with Crippen LogP contribution in [0.3, 0.4) is 0 Å². The van der Waals surface area contributed by atoms with E-state index in [2.05, 4.69) is 9.97 Å². The highest BCUT2D eigenvalue weighted by Gasteiger charge is 2.16. The Morgan fingerprint density at radius 3 is 2.53 bits per heavy atom. The van der Waals surface area contributed by atoms with Crippen molar-refractivity contribution in [3.63, 3.8) is 0 Å². The molecule has 0 unspecified atom stereocenters. The fourth-order valence-electron chi connectivity index (χ4n) is 1.76. The molecule has 1 aromatic carbocycles. The molecule has 0 saturated heterocycles. The van der Waals surface area contributed by atoms with Crippen molar-refractivity contribution in [3.8, 4) is 5.88 Å². The fraction of sp³-hybridized carbons (Fsp3) is 0.214. The SMILES string of the molecule is COc1nccnc1C(=O)c1ccc(CCN)cc1. The van der Waals surface area contributed by atoms with Gasteiger partial charge in [-0.25, -0.2) is 9.97 Å². The lowest BCUT2D eigenvalue weighted by Gasteiger charge is -2.05. The van der Waals surface area contributed by atoms with Crippen molar-refractivity contribution < 1.29 is 9.53 Å². The monoisotopic (exact) mass is 257 g/mol. The number of hydrogen-bond acceptors (Lipinski definition) is 5. The minimum absolute atomic E-state index is 0.204. The van der Waals surface area contributed by atoms with Crippen molar-refractivity contribution in [2.75, 3.05) is 13.7 Å². The van der Waals surface area contributed by atoms with Crippen LogP contribution in [0.25, 0.3) is 0 Å². The van der Waals surface area contributed by atoms with Crippen molar-refractivity contribution in [1.82, 2.24) is 9.97 Å². The van der Waals surface area contributed by atoms with Crippen molar-refractivity contribution in [2.45, 2.75) is 6.42 Å². The summed E-state index contributed by atoms with van der Waals surface area (Å²) in [6.45, 7) is 0.589. The minimum Gasteiger partial charge on any atom is -0.479 e. The average Bonchev–Trinajstić information content (AvgIpc) is 2.47. The Bertz CT molecular complexity index is 567. The van der Waals surface area contributed by atoms with E-state index in [0.717, 1.165) is 12.0 Å². The smallest absolute Gasteiger partial charge is 0.243 e. The predicted molar refractivity (Wildman–Crippen MR) is 71.2 cm³/mol. The summed E-state index contributed by atoms with van der Waals surface area (Å²) in [4.78, 5) is 20.3. The molecule has 2 rings (SSSR count). The lowest BCUT2D eigenvalue weighted by molar-refractivity contribution is 0.103. The highest BCUT2D eigenvalue weighted by atomic mass is 16.5. The summed E-state index contributed by atoms with van der Waals surface area (Å²) in [6, 6.07) is 7.31. The number of nitrogens with zero attached hydrogens (tertiary/aromatic N) is 2. The Kier molecular flexibility index (Phi) is 4.20. The summed E-state index contributed by atoms with van der Waals surface area (Å²) in [5, 5.41) is 0. The van der Waals surface area contributed by atoms with E-state index in [1.54, 1.807) is 12.1 Å². The maximum absolute atomic E-state index is 12.3. The molecule has 0 spiro atoms. The molecule has 0 amide bonds. The first-order chi connectivity index (χ1) is 9.26. The van der Waals surface area contributed by atoms with E-state index in [4.69, 9.17) is 10.5 Å². The fourth-order valence-corrected chi connectivity index (χ4v) is 1.76. The number of methoxy groups -OCH3 is 1. The molecule has 2 N–H and O–H groups in total. The van der Waals surface area contributed by atoms with Gasteiger partial charge in [-0.2, -0.15) is 0 Å². The highest BCUT2D eigenvalue weighted by molar-refractivity contribution is 6.09. The van der Waals surface area contributed by atoms with Gasteiger partial charge in [-0.15, -0.1) is 0 Å². The van der Waals surface area contributed by atoms with Crippen LogP contribution in [0.5, 0.6) is 5.88 Å². The Morgan fingerprint density at radius 2 is 1.89 bits per heavy atom. The second-order valence-electron chi connectivity index (χ2n) is 3.98. The molecular weight excluding hydrogens is 242 g/mol. The number of aromatic nitrogens is 2. The third-order valence-electron chi connectivity index (χ3n) is 2.72. The van der Waals surface area contributed by atoms with Gasteiger partial charge in [0.05, 0.1) is 7.11 Å². The number of ketones is 1. The van der Waals surface area contributed by atoms with Gasteiger partial charge in [-0.3, -0.25) is 4.79 Å². The molecule has 0 aliphatic rings. The summed E-state index contributed by atoms with van der Waals surface area (Å²) in [5.74, 6) is 0.0304. The zero-order valence-corrected chi connectivity index (χ0v) is 10.7. The van der Waals surface area contributed by atoms with Crippen LogP contribution in [-0.4, -0.2) is 29.4 Å². The second-order valence-corrected chi connectivity index (χ2v) is 3.98. The van der Waals surface area contributed by atoms with Crippen molar-refractivity contribution >= 4 is 5.78 Å². The van der Waals surface area contributed by atoms with Gasteiger partial charge in [0.2, 0.25) is 11.7 Å². The zero-order valence-electron chi connectivity index (χ0n) is 10.7. The number of rotatable bonds is 5. The van der Waals surface area contributed by atoms with Gasteiger partial charge in [0.25, 0.3) is 0 Å². The van der Waals surface area contributed by atoms with Crippen molar-refractivity contribution in [1.29, 1.82) is 0 Å². The Labute approximate surface area is 111 Å². The van der Waals surface area contributed by atoms with Crippen LogP contribution in [-0.2, 0) is 6.42 Å². The third-order valence-corrected chi connectivity index (χ3v) is 2.72. The first-order valence-corrected chi connectivity index (χ1v) is 5.95. The van der Waals surface area contributed by atoms with Crippen LogP contribution in [0.2, 0.25) is 0 Å². The van der Waals surface area contributed by atoms with Gasteiger partial charge in [-0.05, 0) is 18.5 Å². The zero-order chi connectivity index (χ0) is 13.7. The summed E-state index contributed by atoms with van der Waals surface area (Å²) in [5.41, 5.74) is 7.36. The van der Waals surface area contributed by atoms with Crippen molar-refractivity contribution in [3.05, 3.63) is 53.5 Å². The Balaban J connectivity index is 2.28. The van der Waals surface area contributed by atoms with Crippen molar-refractivity contribution in [2.24, 2.45) is 5.73 Å². The van der Waals surface area contributed by atoms with E-state index in [-0.39, 0.29) is 17.4 Å². The van der Waals surface area contributed by atoms with Crippen LogP contribution in [0.15, 0.2) is 36.7 Å². The van der Waals surface area contributed by atoms with Crippen LogP contribution in [0.1, 0.15) is 21.6 Å². The molecule has 1 heterocycles. The van der Waals surface area contributed by atoms with Gasteiger partial charge in [0.1, 0.15) is 0 Å². The average molecular weight is 257 g/mol. The lowest BCUT2D eigenvalue weighted by Crippen LogP contribution is -2.08. The first-order valence-electron chi connectivity index (χ1n) is 5.95. The molecule has 1 aromatic heterocycles. The Hall–Kier alpha value is -2.27. The largest absolute Gasteiger partial charge is 0.479 e. The molecule has 19 heavy (non-hydrogen) atoms. The first kappa shape index (κ1) is 13.2. The number of carbonyl (C=O) groups excluding carboxylic acids is 1. The summed E-state index contributed by atoms with van der Waals surface area (Å²) >= 11 is 0. The third kappa shape index (κ3) is 2.95. The van der Waals surface area contributed by atoms with E-state index in [9.17, 15) is 4.79 Å². The Morgan fingerprint density at radius 1 is 1.21 bits per heavy atom. The number of hydrogen-bond donors (Lipinski definition) is 1. The number of carbonyl (C=O) groups is 1. The molecule has 5 heteroatoms. The highest BCUT2D eigenvalue weighted by Crippen LogP contribution is 2.16.